The number of rotatable bonds is 3. The quantitative estimate of drug-likeness (QED) is 0.414. The summed E-state index contributed by atoms with van der Waals surface area (Å²) >= 11 is 0. The minimum absolute atomic E-state index is 0.590. The molecule has 0 rings (SSSR count). The number of allylic oxidation sites excluding steroid dienone is 1. The van der Waals surface area contributed by atoms with Gasteiger partial charge in [0, 0.05) is 0 Å². The Labute approximate surface area is 48.7 Å². The molecule has 0 aliphatic rings. The van der Waals surface area contributed by atoms with E-state index < -0.39 is 0 Å². The largest absolute Gasteiger partial charge is 0.248 e. The van der Waals surface area contributed by atoms with Crippen LogP contribution in [0, 0.1) is 0 Å². The third-order valence-electron chi connectivity index (χ3n) is 0.697. The van der Waals surface area contributed by atoms with Crippen LogP contribution in [0.2, 0.25) is 0 Å². The van der Waals surface area contributed by atoms with E-state index in [-0.39, 0.29) is 0 Å². The summed E-state index contributed by atoms with van der Waals surface area (Å²) in [6.07, 6.45) is 0. The van der Waals surface area contributed by atoms with Crippen molar-refractivity contribution in [2.75, 3.05) is 0 Å². The molecule has 0 spiro atoms. The van der Waals surface area contributed by atoms with E-state index in [0.29, 0.717) is 5.70 Å². The van der Waals surface area contributed by atoms with Crippen molar-refractivity contribution in [3.05, 3.63) is 24.4 Å². The Kier molecular flexibility index (Phi) is 2.91. The van der Waals surface area contributed by atoms with E-state index in [9.17, 15) is 0 Å². The fourth-order valence-electron chi connectivity index (χ4n) is 0.158. The molecule has 46 valence electrons. The van der Waals surface area contributed by atoms with Gasteiger partial charge in [-0.25, -0.2) is 5.48 Å². The van der Waals surface area contributed by atoms with Gasteiger partial charge in [0.25, 0.3) is 0 Å². The van der Waals surface area contributed by atoms with Gasteiger partial charge in [0.2, 0.25) is 0 Å². The monoisotopic (exact) mass is 114 g/mol. The van der Waals surface area contributed by atoms with Crippen LogP contribution in [-0.4, -0.2) is 0 Å². The number of hydroxylamine groups is 1. The predicted molar refractivity (Wildman–Crippen MR) is 32.4 cm³/mol. The molecule has 0 aliphatic heterocycles. The Morgan fingerprint density at radius 1 is 1.62 bits per heavy atom. The van der Waals surface area contributed by atoms with Crippen LogP contribution < -0.4 is 11.4 Å². The Hall–Kier alpha value is -0.800. The lowest BCUT2D eigenvalue weighted by Crippen LogP contribution is -2.17. The zero-order chi connectivity index (χ0) is 6.57. The van der Waals surface area contributed by atoms with Crippen LogP contribution in [0.5, 0.6) is 0 Å². The van der Waals surface area contributed by atoms with Gasteiger partial charge in [-0.2, -0.15) is 10.8 Å². The van der Waals surface area contributed by atoms with Gasteiger partial charge in [0.05, 0.1) is 5.70 Å². The van der Waals surface area contributed by atoms with Crippen LogP contribution in [0.4, 0.5) is 0 Å². The van der Waals surface area contributed by atoms with E-state index in [0.717, 1.165) is 5.57 Å². The Bertz CT molecular complexity index is 109. The van der Waals surface area contributed by atoms with E-state index >= 15 is 0 Å². The average Bonchev–Trinajstić information content (AvgIpc) is 1.67. The number of hydrogen-bond acceptors (Lipinski definition) is 3. The van der Waals surface area contributed by atoms with Gasteiger partial charge >= 0.3 is 0 Å². The molecular weight excluding hydrogens is 104 g/mol. The highest BCUT2D eigenvalue weighted by molar-refractivity contribution is 5.18. The molecule has 0 amide bonds. The van der Waals surface area contributed by atoms with Crippen molar-refractivity contribution < 1.29 is 4.94 Å². The van der Waals surface area contributed by atoms with Gasteiger partial charge in [0.1, 0.15) is 0 Å². The van der Waals surface area contributed by atoms with Crippen molar-refractivity contribution in [3.63, 3.8) is 0 Å². The van der Waals surface area contributed by atoms with E-state index in [2.05, 4.69) is 29.5 Å². The maximum Gasteiger partial charge on any atom is 0.0575 e. The van der Waals surface area contributed by atoms with Crippen LogP contribution in [0.25, 0.3) is 0 Å². The summed E-state index contributed by atoms with van der Waals surface area (Å²) in [6, 6.07) is 0. The molecule has 0 atom stereocenters. The highest BCUT2D eigenvalue weighted by atomic mass is 16.8. The molecule has 0 radical (unpaired) electrons. The maximum absolute atomic E-state index is 4.65. The first kappa shape index (κ1) is 7.20. The van der Waals surface area contributed by atoms with E-state index in [1.807, 2.05) is 0 Å². The van der Waals surface area contributed by atoms with Crippen molar-refractivity contribution in [1.82, 2.24) is 5.48 Å². The molecule has 8 heavy (non-hydrogen) atoms. The summed E-state index contributed by atoms with van der Waals surface area (Å²) in [4.78, 5) is 4.05. The number of hydrogen-bond donors (Lipinski definition) is 2. The molecule has 0 aromatic rings. The second-order valence-corrected chi connectivity index (χ2v) is 1.48. The van der Waals surface area contributed by atoms with Crippen molar-refractivity contribution >= 4 is 0 Å². The van der Waals surface area contributed by atoms with Crippen LogP contribution in [0.3, 0.4) is 0 Å². The third-order valence-corrected chi connectivity index (χ3v) is 0.697. The minimum atomic E-state index is 0.590. The number of nitrogens with two attached hydrogens (primary N) is 1. The maximum atomic E-state index is 4.65. The van der Waals surface area contributed by atoms with Crippen LogP contribution >= 0.6 is 0 Å². The zero-order valence-corrected chi connectivity index (χ0v) is 4.90. The molecule has 0 aromatic heterocycles. The Morgan fingerprint density at radius 3 is 2.25 bits per heavy atom. The molecule has 0 bridgehead atoms. The highest BCUT2D eigenvalue weighted by Crippen LogP contribution is 1.96. The van der Waals surface area contributed by atoms with Gasteiger partial charge in [0.15, 0.2) is 0 Å². The summed E-state index contributed by atoms with van der Waals surface area (Å²) in [6.45, 7) is 8.90. The predicted octanol–water partition coefficient (Wildman–Crippen LogP) is 0.471. The summed E-state index contributed by atoms with van der Waals surface area (Å²) in [5.41, 5.74) is 3.72. The number of nitrogens with one attached hydrogen (secondary N) is 1. The van der Waals surface area contributed by atoms with Crippen LogP contribution in [0.1, 0.15) is 6.92 Å². The normalized spacial score (nSPS) is 8.25. The molecule has 0 saturated heterocycles. The first-order valence-electron chi connectivity index (χ1n) is 2.15. The molecule has 0 unspecified atom stereocenters. The molecule has 3 heteroatoms. The smallest absolute Gasteiger partial charge is 0.0575 e. The third kappa shape index (κ3) is 2.39. The van der Waals surface area contributed by atoms with Gasteiger partial charge in [-0.15, -0.1) is 0 Å². The van der Waals surface area contributed by atoms with Gasteiger partial charge in [-0.05, 0) is 12.5 Å². The van der Waals surface area contributed by atoms with E-state index in [4.69, 9.17) is 0 Å². The highest BCUT2D eigenvalue weighted by Gasteiger charge is 1.88. The summed E-state index contributed by atoms with van der Waals surface area (Å²) in [5, 5.41) is 0. The van der Waals surface area contributed by atoms with Gasteiger partial charge in [-0.1, -0.05) is 13.2 Å². The minimum Gasteiger partial charge on any atom is -0.248 e. The van der Waals surface area contributed by atoms with Gasteiger partial charge < -0.3 is 0 Å². The molecule has 0 heterocycles. The lowest BCUT2D eigenvalue weighted by molar-refractivity contribution is 0.0654. The van der Waals surface area contributed by atoms with Crippen molar-refractivity contribution in [1.29, 1.82) is 0 Å². The Balaban J connectivity index is 3.49. The fraction of sp³-hybridized carbons (Fsp3) is 0.200. The second-order valence-electron chi connectivity index (χ2n) is 1.48. The standard InChI is InChI=1S/C5H10N2O/c1-4(2)5(3)7-8-6/h7H,1,3,6H2,2H3. The van der Waals surface area contributed by atoms with Crippen LogP contribution in [-0.2, 0) is 4.94 Å². The fourth-order valence-corrected chi connectivity index (χ4v) is 0.158. The van der Waals surface area contributed by atoms with Crippen LogP contribution in [0.15, 0.2) is 24.4 Å². The van der Waals surface area contributed by atoms with E-state index in [1.165, 1.54) is 0 Å². The molecule has 0 saturated carbocycles. The van der Waals surface area contributed by atoms with E-state index in [1.54, 1.807) is 6.92 Å². The molecule has 0 aromatic carbocycles. The van der Waals surface area contributed by atoms with Crippen molar-refractivity contribution in [3.8, 4) is 0 Å². The second kappa shape index (κ2) is 3.23. The molecule has 3 nitrogen and oxygen atoms in total. The van der Waals surface area contributed by atoms with Crippen molar-refractivity contribution in [2.24, 2.45) is 5.90 Å². The molecule has 0 aliphatic carbocycles. The molecule has 0 fully saturated rings. The summed E-state index contributed by atoms with van der Waals surface area (Å²) in [7, 11) is 0. The SMILES string of the molecule is C=C(C)C(=C)NON. The first-order chi connectivity index (χ1) is 3.68. The lowest BCUT2D eigenvalue weighted by Gasteiger charge is -2.02. The lowest BCUT2D eigenvalue weighted by atomic mass is 10.3. The first-order valence-corrected chi connectivity index (χ1v) is 2.15. The summed E-state index contributed by atoms with van der Waals surface area (Å²) in [5.74, 6) is 4.65. The Morgan fingerprint density at radius 2 is 2.12 bits per heavy atom. The van der Waals surface area contributed by atoms with Crippen molar-refractivity contribution in [2.45, 2.75) is 6.92 Å². The average molecular weight is 114 g/mol. The summed E-state index contributed by atoms with van der Waals surface area (Å²) < 4.78 is 0. The molecular formula is C5H10N2O. The zero-order valence-electron chi connectivity index (χ0n) is 4.90. The molecule has 3 N–H and O–H groups in total. The van der Waals surface area contributed by atoms with Gasteiger partial charge in [-0.3, -0.25) is 0 Å². The topological polar surface area (TPSA) is 47.3 Å².